The first-order valence-electron chi connectivity index (χ1n) is 5.82. The van der Waals surface area contributed by atoms with Gasteiger partial charge in [-0.3, -0.25) is 0 Å². The number of hydrogen-bond donors (Lipinski definition) is 2. The smallest absolute Gasteiger partial charge is 0.335 e. The molecule has 0 saturated heterocycles. The topological polar surface area (TPSA) is 62.2 Å². The molecule has 2 N–H and O–H groups in total. The zero-order valence-electron chi connectivity index (χ0n) is 9.45. The SMILES string of the molecule is O=C(O)c1cc(Cl)nc(NC2CCCCC2)c1. The second-order valence-corrected chi connectivity index (χ2v) is 4.74. The van der Waals surface area contributed by atoms with Crippen LogP contribution in [-0.2, 0) is 0 Å². The van der Waals surface area contributed by atoms with E-state index >= 15 is 0 Å². The number of carbonyl (C=O) groups is 1. The number of nitrogens with zero attached hydrogens (tertiary/aromatic N) is 1. The van der Waals surface area contributed by atoms with Gasteiger partial charge >= 0.3 is 5.97 Å². The van der Waals surface area contributed by atoms with Crippen LogP contribution in [0.3, 0.4) is 0 Å². The Kier molecular flexibility index (Phi) is 3.84. The van der Waals surface area contributed by atoms with Crippen molar-refractivity contribution in [3.05, 3.63) is 22.8 Å². The lowest BCUT2D eigenvalue weighted by Crippen LogP contribution is -2.23. The van der Waals surface area contributed by atoms with Gasteiger partial charge < -0.3 is 10.4 Å². The van der Waals surface area contributed by atoms with Crippen molar-refractivity contribution in [2.45, 2.75) is 38.1 Å². The third kappa shape index (κ3) is 3.33. The summed E-state index contributed by atoms with van der Waals surface area (Å²) in [5.74, 6) is -0.428. The van der Waals surface area contributed by atoms with Gasteiger partial charge in [-0.25, -0.2) is 9.78 Å². The number of carboxylic acid groups (broad SMARTS) is 1. The lowest BCUT2D eigenvalue weighted by molar-refractivity contribution is 0.0697. The molecule has 1 aliphatic carbocycles. The lowest BCUT2D eigenvalue weighted by Gasteiger charge is -2.23. The zero-order chi connectivity index (χ0) is 12.3. The van der Waals surface area contributed by atoms with Gasteiger partial charge in [-0.1, -0.05) is 30.9 Å². The summed E-state index contributed by atoms with van der Waals surface area (Å²) in [6.07, 6.45) is 5.92. The van der Waals surface area contributed by atoms with Gasteiger partial charge in [0.2, 0.25) is 0 Å². The highest BCUT2D eigenvalue weighted by atomic mass is 35.5. The summed E-state index contributed by atoms with van der Waals surface area (Å²) in [6.45, 7) is 0. The number of rotatable bonds is 3. The minimum atomic E-state index is -0.985. The van der Waals surface area contributed by atoms with Crippen molar-refractivity contribution >= 4 is 23.4 Å². The van der Waals surface area contributed by atoms with Crippen molar-refractivity contribution in [2.24, 2.45) is 0 Å². The molecule has 0 atom stereocenters. The fourth-order valence-corrected chi connectivity index (χ4v) is 2.36. The third-order valence-corrected chi connectivity index (χ3v) is 3.19. The summed E-state index contributed by atoms with van der Waals surface area (Å²) in [5, 5.41) is 12.4. The molecule has 1 aliphatic rings. The van der Waals surface area contributed by atoms with Gasteiger partial charge in [-0.05, 0) is 25.0 Å². The Bertz CT molecular complexity index is 417. The maximum absolute atomic E-state index is 10.9. The van der Waals surface area contributed by atoms with Crippen molar-refractivity contribution in [3.63, 3.8) is 0 Å². The summed E-state index contributed by atoms with van der Waals surface area (Å²) in [6, 6.07) is 3.27. The van der Waals surface area contributed by atoms with Crippen LogP contribution in [0.5, 0.6) is 0 Å². The van der Waals surface area contributed by atoms with Crippen LogP contribution in [0.15, 0.2) is 12.1 Å². The van der Waals surface area contributed by atoms with Crippen molar-refractivity contribution in [3.8, 4) is 0 Å². The van der Waals surface area contributed by atoms with Crippen molar-refractivity contribution in [2.75, 3.05) is 5.32 Å². The standard InChI is InChI=1S/C12H15ClN2O2/c13-10-6-8(12(16)17)7-11(15-10)14-9-4-2-1-3-5-9/h6-7,9H,1-5H2,(H,14,15)(H,16,17). The van der Waals surface area contributed by atoms with Gasteiger partial charge in [-0.2, -0.15) is 0 Å². The van der Waals surface area contributed by atoms with Gasteiger partial charge in [0.05, 0.1) is 5.56 Å². The van der Waals surface area contributed by atoms with E-state index in [1.807, 2.05) is 0 Å². The maximum Gasteiger partial charge on any atom is 0.335 e. The Morgan fingerprint density at radius 3 is 2.71 bits per heavy atom. The van der Waals surface area contributed by atoms with E-state index in [2.05, 4.69) is 10.3 Å². The molecule has 92 valence electrons. The number of carboxylic acids is 1. The lowest BCUT2D eigenvalue weighted by atomic mass is 9.95. The fourth-order valence-electron chi connectivity index (χ4n) is 2.15. The van der Waals surface area contributed by atoms with Gasteiger partial charge in [0, 0.05) is 6.04 Å². The first kappa shape index (κ1) is 12.2. The molecule has 1 fully saturated rings. The molecular formula is C12H15ClN2O2. The van der Waals surface area contributed by atoms with Crippen LogP contribution in [0.25, 0.3) is 0 Å². The van der Waals surface area contributed by atoms with E-state index in [1.165, 1.54) is 31.4 Å². The number of pyridine rings is 1. The number of nitrogens with one attached hydrogen (secondary N) is 1. The Balaban J connectivity index is 2.11. The third-order valence-electron chi connectivity index (χ3n) is 3.00. The molecule has 17 heavy (non-hydrogen) atoms. The van der Waals surface area contributed by atoms with Crippen LogP contribution in [0.1, 0.15) is 42.5 Å². The number of halogens is 1. The summed E-state index contributed by atoms with van der Waals surface area (Å²) in [4.78, 5) is 15.0. The highest BCUT2D eigenvalue weighted by Crippen LogP contribution is 2.22. The normalized spacial score (nSPS) is 16.8. The number of anilines is 1. The first-order valence-corrected chi connectivity index (χ1v) is 6.20. The highest BCUT2D eigenvalue weighted by Gasteiger charge is 2.15. The monoisotopic (exact) mass is 254 g/mol. The average Bonchev–Trinajstić information content (AvgIpc) is 2.29. The summed E-state index contributed by atoms with van der Waals surface area (Å²) >= 11 is 5.80. The van der Waals surface area contributed by atoms with Crippen LogP contribution < -0.4 is 5.32 Å². The van der Waals surface area contributed by atoms with Gasteiger partial charge in [-0.15, -0.1) is 0 Å². The first-order chi connectivity index (χ1) is 8.15. The molecule has 0 radical (unpaired) electrons. The van der Waals surface area contributed by atoms with Crippen LogP contribution in [0, 0.1) is 0 Å². The van der Waals surface area contributed by atoms with Gasteiger partial charge in [0.15, 0.2) is 0 Å². The molecule has 0 amide bonds. The highest BCUT2D eigenvalue weighted by molar-refractivity contribution is 6.29. The van der Waals surface area contributed by atoms with Gasteiger partial charge in [0.25, 0.3) is 0 Å². The van der Waals surface area contributed by atoms with Crippen molar-refractivity contribution < 1.29 is 9.90 Å². The number of hydrogen-bond acceptors (Lipinski definition) is 3. The summed E-state index contributed by atoms with van der Waals surface area (Å²) in [5.41, 5.74) is 0.170. The quantitative estimate of drug-likeness (QED) is 0.814. The van der Waals surface area contributed by atoms with E-state index in [0.29, 0.717) is 11.9 Å². The Morgan fingerprint density at radius 1 is 1.35 bits per heavy atom. The van der Waals surface area contributed by atoms with Crippen molar-refractivity contribution in [1.82, 2.24) is 4.98 Å². The van der Waals surface area contributed by atoms with Crippen LogP contribution >= 0.6 is 11.6 Å². The van der Waals surface area contributed by atoms with E-state index in [-0.39, 0.29) is 10.7 Å². The molecule has 1 heterocycles. The summed E-state index contributed by atoms with van der Waals surface area (Å²) in [7, 11) is 0. The molecule has 1 aromatic heterocycles. The minimum absolute atomic E-state index is 0.170. The van der Waals surface area contributed by atoms with E-state index in [1.54, 1.807) is 0 Å². The number of aromatic carboxylic acids is 1. The van der Waals surface area contributed by atoms with Crippen molar-refractivity contribution in [1.29, 1.82) is 0 Å². The van der Waals surface area contributed by atoms with E-state index in [9.17, 15) is 4.79 Å². The van der Waals surface area contributed by atoms with Crippen LogP contribution in [0.4, 0.5) is 5.82 Å². The van der Waals surface area contributed by atoms with E-state index in [4.69, 9.17) is 16.7 Å². The molecule has 1 saturated carbocycles. The molecule has 5 heteroatoms. The van der Waals surface area contributed by atoms with E-state index in [0.717, 1.165) is 12.8 Å². The molecular weight excluding hydrogens is 240 g/mol. The van der Waals surface area contributed by atoms with Crippen LogP contribution in [-0.4, -0.2) is 22.1 Å². The molecule has 0 unspecified atom stereocenters. The zero-order valence-corrected chi connectivity index (χ0v) is 10.2. The predicted octanol–water partition coefficient (Wildman–Crippen LogP) is 3.18. The van der Waals surface area contributed by atoms with Crippen LogP contribution in [0.2, 0.25) is 5.15 Å². The number of aromatic nitrogens is 1. The van der Waals surface area contributed by atoms with Gasteiger partial charge in [0.1, 0.15) is 11.0 Å². The fraction of sp³-hybridized carbons (Fsp3) is 0.500. The predicted molar refractivity (Wildman–Crippen MR) is 66.7 cm³/mol. The average molecular weight is 255 g/mol. The molecule has 0 aliphatic heterocycles. The maximum atomic E-state index is 10.9. The molecule has 2 rings (SSSR count). The Morgan fingerprint density at radius 2 is 2.06 bits per heavy atom. The molecule has 0 aromatic carbocycles. The molecule has 4 nitrogen and oxygen atoms in total. The Hall–Kier alpha value is -1.29. The Labute approximate surface area is 105 Å². The second kappa shape index (κ2) is 5.36. The molecule has 1 aromatic rings. The molecule has 0 spiro atoms. The van der Waals surface area contributed by atoms with E-state index < -0.39 is 5.97 Å². The summed E-state index contributed by atoms with van der Waals surface area (Å²) < 4.78 is 0. The minimum Gasteiger partial charge on any atom is -0.478 e. The second-order valence-electron chi connectivity index (χ2n) is 4.35. The largest absolute Gasteiger partial charge is 0.478 e. The molecule has 0 bridgehead atoms.